The van der Waals surface area contributed by atoms with E-state index in [0.29, 0.717) is 5.02 Å². The fourth-order valence-corrected chi connectivity index (χ4v) is 2.59. The number of rotatable bonds is 2. The Morgan fingerprint density at radius 3 is 2.75 bits per heavy atom. The Labute approximate surface area is 120 Å². The molecule has 0 saturated carbocycles. The predicted octanol–water partition coefficient (Wildman–Crippen LogP) is 3.59. The van der Waals surface area contributed by atoms with Gasteiger partial charge in [-0.25, -0.2) is 4.79 Å². The molecule has 0 spiro atoms. The number of carboxylic acids is 1. The minimum Gasteiger partial charge on any atom is -0.478 e. The number of carboxylic acid groups (broad SMARTS) is 1. The smallest absolute Gasteiger partial charge is 0.335 e. The number of aromatic nitrogens is 2. The number of carbonyl (C=O) groups is 1. The summed E-state index contributed by atoms with van der Waals surface area (Å²) in [7, 11) is 1.81. The van der Waals surface area contributed by atoms with Gasteiger partial charge in [-0.15, -0.1) is 0 Å². The van der Waals surface area contributed by atoms with Crippen molar-refractivity contribution < 1.29 is 9.90 Å². The third kappa shape index (κ3) is 1.94. The van der Waals surface area contributed by atoms with Crippen LogP contribution in [-0.2, 0) is 7.05 Å². The van der Waals surface area contributed by atoms with E-state index in [9.17, 15) is 4.79 Å². The summed E-state index contributed by atoms with van der Waals surface area (Å²) in [6.07, 6.45) is 1.58. The molecule has 0 aliphatic rings. The molecule has 0 saturated heterocycles. The first-order chi connectivity index (χ1) is 9.58. The zero-order valence-electron chi connectivity index (χ0n) is 10.7. The van der Waals surface area contributed by atoms with Crippen LogP contribution in [0.1, 0.15) is 10.4 Å². The molecule has 0 fully saturated rings. The zero-order valence-corrected chi connectivity index (χ0v) is 11.4. The van der Waals surface area contributed by atoms with E-state index < -0.39 is 5.97 Å². The standard InChI is InChI=1S/C15H11ClN2O2/c1-18-14(13(16)8-17-18)11-4-2-3-9-5-6-10(15(19)20)7-12(9)11/h2-8H,1H3,(H,19,20). The first-order valence-electron chi connectivity index (χ1n) is 6.02. The number of hydrogen-bond donors (Lipinski definition) is 1. The van der Waals surface area contributed by atoms with Gasteiger partial charge in [0.2, 0.25) is 0 Å². The second-order valence-electron chi connectivity index (χ2n) is 4.51. The summed E-state index contributed by atoms with van der Waals surface area (Å²) in [4.78, 5) is 11.1. The van der Waals surface area contributed by atoms with E-state index in [4.69, 9.17) is 16.7 Å². The Morgan fingerprint density at radius 2 is 2.10 bits per heavy atom. The van der Waals surface area contributed by atoms with Gasteiger partial charge < -0.3 is 5.11 Å². The van der Waals surface area contributed by atoms with Crippen LogP contribution < -0.4 is 0 Å². The van der Waals surface area contributed by atoms with Crippen LogP contribution in [0.15, 0.2) is 42.6 Å². The molecule has 3 rings (SSSR count). The van der Waals surface area contributed by atoms with Gasteiger partial charge in [0.25, 0.3) is 0 Å². The highest BCUT2D eigenvalue weighted by molar-refractivity contribution is 6.33. The highest BCUT2D eigenvalue weighted by atomic mass is 35.5. The van der Waals surface area contributed by atoms with Crippen molar-refractivity contribution in [1.29, 1.82) is 0 Å². The molecule has 0 atom stereocenters. The van der Waals surface area contributed by atoms with Gasteiger partial charge in [-0.1, -0.05) is 35.9 Å². The van der Waals surface area contributed by atoms with Crippen molar-refractivity contribution >= 4 is 28.3 Å². The number of fused-ring (bicyclic) bond motifs is 1. The van der Waals surface area contributed by atoms with Crippen LogP contribution in [0.25, 0.3) is 22.0 Å². The molecular weight excluding hydrogens is 276 g/mol. The van der Waals surface area contributed by atoms with E-state index in [1.165, 1.54) is 0 Å². The first kappa shape index (κ1) is 12.7. The molecule has 1 heterocycles. The summed E-state index contributed by atoms with van der Waals surface area (Å²) in [5.41, 5.74) is 1.90. The monoisotopic (exact) mass is 286 g/mol. The largest absolute Gasteiger partial charge is 0.478 e. The number of benzene rings is 2. The molecule has 20 heavy (non-hydrogen) atoms. The lowest BCUT2D eigenvalue weighted by Gasteiger charge is -2.08. The molecule has 0 radical (unpaired) electrons. The Morgan fingerprint density at radius 1 is 1.30 bits per heavy atom. The van der Waals surface area contributed by atoms with E-state index in [0.717, 1.165) is 22.0 Å². The summed E-state index contributed by atoms with van der Waals surface area (Å²) in [5.74, 6) is -0.946. The van der Waals surface area contributed by atoms with Crippen molar-refractivity contribution in [2.24, 2.45) is 7.05 Å². The summed E-state index contributed by atoms with van der Waals surface area (Å²) in [5, 5.41) is 15.6. The highest BCUT2D eigenvalue weighted by Gasteiger charge is 2.13. The predicted molar refractivity (Wildman–Crippen MR) is 78.1 cm³/mol. The van der Waals surface area contributed by atoms with Crippen LogP contribution in [-0.4, -0.2) is 20.9 Å². The van der Waals surface area contributed by atoms with Gasteiger partial charge >= 0.3 is 5.97 Å². The highest BCUT2D eigenvalue weighted by Crippen LogP contribution is 2.33. The van der Waals surface area contributed by atoms with Crippen LogP contribution >= 0.6 is 11.6 Å². The third-order valence-corrected chi connectivity index (χ3v) is 3.55. The van der Waals surface area contributed by atoms with Crippen LogP contribution in [0.5, 0.6) is 0 Å². The number of hydrogen-bond acceptors (Lipinski definition) is 2. The second kappa shape index (κ2) is 4.65. The third-order valence-electron chi connectivity index (χ3n) is 3.28. The fraction of sp³-hybridized carbons (Fsp3) is 0.0667. The van der Waals surface area contributed by atoms with E-state index in [1.54, 1.807) is 36.1 Å². The molecular formula is C15H11ClN2O2. The van der Waals surface area contributed by atoms with Gasteiger partial charge in [0, 0.05) is 12.6 Å². The zero-order chi connectivity index (χ0) is 14.3. The maximum atomic E-state index is 11.1. The van der Waals surface area contributed by atoms with Crippen molar-refractivity contribution in [2.45, 2.75) is 0 Å². The second-order valence-corrected chi connectivity index (χ2v) is 4.92. The summed E-state index contributed by atoms with van der Waals surface area (Å²) in [6.45, 7) is 0. The summed E-state index contributed by atoms with van der Waals surface area (Å²) < 4.78 is 1.69. The Hall–Kier alpha value is -2.33. The van der Waals surface area contributed by atoms with Crippen molar-refractivity contribution in [2.75, 3.05) is 0 Å². The van der Waals surface area contributed by atoms with Gasteiger partial charge in [0.15, 0.2) is 0 Å². The lowest BCUT2D eigenvalue weighted by atomic mass is 10.00. The lowest BCUT2D eigenvalue weighted by Crippen LogP contribution is -1.97. The molecule has 1 aromatic heterocycles. The van der Waals surface area contributed by atoms with Crippen molar-refractivity contribution in [3.05, 3.63) is 53.2 Å². The molecule has 0 bridgehead atoms. The normalized spacial score (nSPS) is 10.9. The average Bonchev–Trinajstić information content (AvgIpc) is 2.77. The van der Waals surface area contributed by atoms with Crippen LogP contribution in [0.2, 0.25) is 5.02 Å². The fourth-order valence-electron chi connectivity index (χ4n) is 2.33. The van der Waals surface area contributed by atoms with Crippen molar-refractivity contribution in [3.8, 4) is 11.3 Å². The van der Waals surface area contributed by atoms with E-state index >= 15 is 0 Å². The summed E-state index contributed by atoms with van der Waals surface area (Å²) in [6, 6.07) is 10.8. The lowest BCUT2D eigenvalue weighted by molar-refractivity contribution is 0.0697. The Bertz CT molecular complexity index is 804. The molecule has 3 aromatic rings. The van der Waals surface area contributed by atoms with Gasteiger partial charge in [-0.05, 0) is 22.9 Å². The quantitative estimate of drug-likeness (QED) is 0.783. The Balaban J connectivity index is 2.36. The van der Waals surface area contributed by atoms with E-state index in [1.807, 2.05) is 18.2 Å². The molecule has 5 heteroatoms. The molecule has 100 valence electrons. The summed E-state index contributed by atoms with van der Waals surface area (Å²) >= 11 is 6.18. The van der Waals surface area contributed by atoms with Crippen molar-refractivity contribution in [3.63, 3.8) is 0 Å². The Kier molecular flexibility index (Phi) is 2.95. The number of aromatic carboxylic acids is 1. The molecule has 0 unspecified atom stereocenters. The van der Waals surface area contributed by atoms with Gasteiger partial charge in [-0.3, -0.25) is 4.68 Å². The van der Waals surface area contributed by atoms with Gasteiger partial charge in [0.05, 0.1) is 22.5 Å². The van der Waals surface area contributed by atoms with Crippen LogP contribution in [0, 0.1) is 0 Å². The maximum Gasteiger partial charge on any atom is 0.335 e. The molecule has 0 aliphatic carbocycles. The molecule has 4 nitrogen and oxygen atoms in total. The number of nitrogens with zero attached hydrogens (tertiary/aromatic N) is 2. The van der Waals surface area contributed by atoms with Crippen LogP contribution in [0.4, 0.5) is 0 Å². The van der Waals surface area contributed by atoms with Crippen LogP contribution in [0.3, 0.4) is 0 Å². The van der Waals surface area contributed by atoms with E-state index in [2.05, 4.69) is 5.10 Å². The minimum atomic E-state index is -0.946. The topological polar surface area (TPSA) is 55.1 Å². The maximum absolute atomic E-state index is 11.1. The minimum absolute atomic E-state index is 0.253. The number of halogens is 1. The first-order valence-corrected chi connectivity index (χ1v) is 6.39. The SMILES string of the molecule is Cn1ncc(Cl)c1-c1cccc2ccc(C(=O)O)cc12. The van der Waals surface area contributed by atoms with Gasteiger partial charge in [0.1, 0.15) is 0 Å². The van der Waals surface area contributed by atoms with Crippen molar-refractivity contribution in [1.82, 2.24) is 9.78 Å². The van der Waals surface area contributed by atoms with E-state index in [-0.39, 0.29) is 5.56 Å². The molecule has 0 aliphatic heterocycles. The molecule has 2 aromatic carbocycles. The molecule has 0 amide bonds. The van der Waals surface area contributed by atoms with Gasteiger partial charge in [-0.2, -0.15) is 5.10 Å². The molecule has 1 N–H and O–H groups in total. The number of aryl methyl sites for hydroxylation is 1. The average molecular weight is 287 g/mol.